The Kier molecular flexibility index (Phi) is 4.71. The van der Waals surface area contributed by atoms with E-state index in [-0.39, 0.29) is 6.54 Å². The van der Waals surface area contributed by atoms with Gasteiger partial charge in [0, 0.05) is 6.54 Å². The first-order valence-corrected chi connectivity index (χ1v) is 6.45. The number of benzene rings is 1. The van der Waals surface area contributed by atoms with E-state index in [1.54, 1.807) is 19.9 Å². The van der Waals surface area contributed by atoms with Gasteiger partial charge in [-0.2, -0.15) is 0 Å². The first-order chi connectivity index (χ1) is 8.73. The molecule has 0 bridgehead atoms. The molecule has 0 radical (unpaired) electrons. The molecule has 1 rings (SSSR count). The number of rotatable bonds is 6. The largest absolute Gasteiger partial charge is 0.481 e. The zero-order chi connectivity index (χ0) is 14.7. The molecule has 4 heteroatoms. The number of hydrogen-bond donors (Lipinski definition) is 3. The Bertz CT molecular complexity index is 451. The number of carboxylic acid groups (broad SMARTS) is 1. The van der Waals surface area contributed by atoms with Crippen molar-refractivity contribution in [3.8, 4) is 0 Å². The lowest BCUT2D eigenvalue weighted by Gasteiger charge is -2.32. The van der Waals surface area contributed by atoms with Gasteiger partial charge in [0.2, 0.25) is 0 Å². The molecule has 1 unspecified atom stereocenters. The first-order valence-electron chi connectivity index (χ1n) is 6.45. The van der Waals surface area contributed by atoms with Crippen LogP contribution in [0.3, 0.4) is 0 Å². The van der Waals surface area contributed by atoms with Gasteiger partial charge >= 0.3 is 5.97 Å². The van der Waals surface area contributed by atoms with E-state index < -0.39 is 17.0 Å². The van der Waals surface area contributed by atoms with Crippen LogP contribution < -0.4 is 5.73 Å². The Morgan fingerprint density at radius 1 is 1.26 bits per heavy atom. The maximum atomic E-state index is 11.8. The molecule has 4 nitrogen and oxygen atoms in total. The van der Waals surface area contributed by atoms with Crippen LogP contribution in [0.1, 0.15) is 37.8 Å². The highest BCUT2D eigenvalue weighted by Crippen LogP contribution is 2.33. The minimum absolute atomic E-state index is 0.0171. The molecule has 0 spiro atoms. The standard InChI is InChI=1S/C15H23NO3/c1-11-6-4-5-7-12(11)15(10-16,13(17)18)9-8-14(2,3)19/h4-7,19H,8-10,16H2,1-3H3,(H,17,18). The molecule has 4 N–H and O–H groups in total. The zero-order valence-electron chi connectivity index (χ0n) is 11.8. The molecule has 1 atom stereocenters. The van der Waals surface area contributed by atoms with Crippen molar-refractivity contribution in [3.63, 3.8) is 0 Å². The number of hydrogen-bond acceptors (Lipinski definition) is 3. The number of aryl methyl sites for hydroxylation is 1. The molecule has 0 aliphatic rings. The van der Waals surface area contributed by atoms with Crippen LogP contribution in [0.15, 0.2) is 24.3 Å². The van der Waals surface area contributed by atoms with Crippen LogP contribution in [0, 0.1) is 6.92 Å². The maximum absolute atomic E-state index is 11.8. The lowest BCUT2D eigenvalue weighted by Crippen LogP contribution is -2.44. The highest BCUT2D eigenvalue weighted by molar-refractivity contribution is 5.82. The normalized spacial score (nSPS) is 15.0. The molecule has 1 aromatic carbocycles. The summed E-state index contributed by atoms with van der Waals surface area (Å²) in [6, 6.07) is 7.38. The van der Waals surface area contributed by atoms with E-state index in [1.165, 1.54) is 0 Å². The monoisotopic (exact) mass is 265 g/mol. The van der Waals surface area contributed by atoms with Gasteiger partial charge in [-0.25, -0.2) is 0 Å². The number of aliphatic carboxylic acids is 1. The van der Waals surface area contributed by atoms with E-state index in [2.05, 4.69) is 0 Å². The van der Waals surface area contributed by atoms with Crippen molar-refractivity contribution in [1.82, 2.24) is 0 Å². The fourth-order valence-corrected chi connectivity index (χ4v) is 2.29. The third kappa shape index (κ3) is 3.55. The van der Waals surface area contributed by atoms with Gasteiger partial charge in [0.15, 0.2) is 0 Å². The van der Waals surface area contributed by atoms with E-state index in [1.807, 2.05) is 25.1 Å². The Labute approximate surface area is 114 Å². The molecule has 0 saturated heterocycles. The highest BCUT2D eigenvalue weighted by atomic mass is 16.4. The topological polar surface area (TPSA) is 83.5 Å². The Hall–Kier alpha value is -1.39. The Morgan fingerprint density at radius 3 is 2.26 bits per heavy atom. The molecular formula is C15H23NO3. The second kappa shape index (κ2) is 5.72. The average molecular weight is 265 g/mol. The van der Waals surface area contributed by atoms with Crippen LogP contribution in [-0.4, -0.2) is 28.3 Å². The molecule has 1 aromatic rings. The average Bonchev–Trinajstić information content (AvgIpc) is 2.30. The summed E-state index contributed by atoms with van der Waals surface area (Å²) in [7, 11) is 0. The van der Waals surface area contributed by atoms with Gasteiger partial charge in [0.05, 0.1) is 5.60 Å². The predicted octanol–water partition coefficient (Wildman–Crippen LogP) is 1.83. The lowest BCUT2D eigenvalue weighted by atomic mass is 9.73. The first kappa shape index (κ1) is 15.7. The third-order valence-electron chi connectivity index (χ3n) is 3.58. The zero-order valence-corrected chi connectivity index (χ0v) is 11.8. The molecule has 0 amide bonds. The SMILES string of the molecule is Cc1ccccc1C(CN)(CCC(C)(C)O)C(=O)O. The Balaban J connectivity index is 3.20. The van der Waals surface area contributed by atoms with Gasteiger partial charge < -0.3 is 15.9 Å². The highest BCUT2D eigenvalue weighted by Gasteiger charge is 2.40. The van der Waals surface area contributed by atoms with Crippen molar-refractivity contribution in [2.24, 2.45) is 5.73 Å². The van der Waals surface area contributed by atoms with Crippen LogP contribution >= 0.6 is 0 Å². The minimum atomic E-state index is -1.13. The quantitative estimate of drug-likeness (QED) is 0.732. The molecular weight excluding hydrogens is 242 g/mol. The number of nitrogens with two attached hydrogens (primary N) is 1. The van der Waals surface area contributed by atoms with Crippen molar-refractivity contribution in [2.75, 3.05) is 6.54 Å². The fraction of sp³-hybridized carbons (Fsp3) is 0.533. The van der Waals surface area contributed by atoms with E-state index in [0.717, 1.165) is 11.1 Å². The number of aliphatic hydroxyl groups is 1. The van der Waals surface area contributed by atoms with Crippen LogP contribution in [0.4, 0.5) is 0 Å². The minimum Gasteiger partial charge on any atom is -0.481 e. The summed E-state index contributed by atoms with van der Waals surface area (Å²) in [5, 5.41) is 19.5. The van der Waals surface area contributed by atoms with Gasteiger partial charge in [-0.1, -0.05) is 24.3 Å². The summed E-state index contributed by atoms with van der Waals surface area (Å²) in [5.41, 5.74) is 5.38. The van der Waals surface area contributed by atoms with E-state index in [0.29, 0.717) is 12.8 Å². The second-order valence-electron chi connectivity index (χ2n) is 5.72. The third-order valence-corrected chi connectivity index (χ3v) is 3.58. The molecule has 0 aliphatic carbocycles. The van der Waals surface area contributed by atoms with Crippen LogP contribution in [0.25, 0.3) is 0 Å². The predicted molar refractivity (Wildman–Crippen MR) is 75.1 cm³/mol. The fourth-order valence-electron chi connectivity index (χ4n) is 2.29. The summed E-state index contributed by atoms with van der Waals surface area (Å²) >= 11 is 0. The molecule has 0 heterocycles. The smallest absolute Gasteiger partial charge is 0.315 e. The summed E-state index contributed by atoms with van der Waals surface area (Å²) < 4.78 is 0. The van der Waals surface area contributed by atoms with Crippen LogP contribution in [0.2, 0.25) is 0 Å². The van der Waals surface area contributed by atoms with Crippen molar-refractivity contribution in [1.29, 1.82) is 0 Å². The lowest BCUT2D eigenvalue weighted by molar-refractivity contribution is -0.144. The Morgan fingerprint density at radius 2 is 1.84 bits per heavy atom. The maximum Gasteiger partial charge on any atom is 0.315 e. The number of carboxylic acids is 1. The molecule has 0 aliphatic heterocycles. The van der Waals surface area contributed by atoms with E-state index in [4.69, 9.17) is 5.73 Å². The van der Waals surface area contributed by atoms with Gasteiger partial charge in [-0.15, -0.1) is 0 Å². The van der Waals surface area contributed by atoms with Gasteiger partial charge in [0.1, 0.15) is 5.41 Å². The number of carbonyl (C=O) groups is 1. The molecule has 0 saturated carbocycles. The van der Waals surface area contributed by atoms with Crippen molar-refractivity contribution in [3.05, 3.63) is 35.4 Å². The van der Waals surface area contributed by atoms with Gasteiger partial charge in [0.25, 0.3) is 0 Å². The van der Waals surface area contributed by atoms with E-state index in [9.17, 15) is 15.0 Å². The molecule has 106 valence electrons. The van der Waals surface area contributed by atoms with Crippen molar-refractivity contribution >= 4 is 5.97 Å². The van der Waals surface area contributed by atoms with Crippen molar-refractivity contribution in [2.45, 2.75) is 44.6 Å². The summed E-state index contributed by atoms with van der Waals surface area (Å²) in [6.07, 6.45) is 0.692. The summed E-state index contributed by atoms with van der Waals surface area (Å²) in [5.74, 6) is -0.937. The molecule has 0 fully saturated rings. The van der Waals surface area contributed by atoms with E-state index >= 15 is 0 Å². The molecule has 0 aromatic heterocycles. The van der Waals surface area contributed by atoms with Crippen molar-refractivity contribution < 1.29 is 15.0 Å². The summed E-state index contributed by atoms with van der Waals surface area (Å²) in [6.45, 7) is 5.25. The van der Waals surface area contributed by atoms with Gasteiger partial charge in [-0.05, 0) is 44.7 Å². The second-order valence-corrected chi connectivity index (χ2v) is 5.72. The summed E-state index contributed by atoms with van der Waals surface area (Å²) in [4.78, 5) is 11.8. The molecule has 19 heavy (non-hydrogen) atoms. The van der Waals surface area contributed by atoms with Crippen LogP contribution in [-0.2, 0) is 10.2 Å². The van der Waals surface area contributed by atoms with Crippen LogP contribution in [0.5, 0.6) is 0 Å². The van der Waals surface area contributed by atoms with Gasteiger partial charge in [-0.3, -0.25) is 4.79 Å².